The van der Waals surface area contributed by atoms with Crippen molar-refractivity contribution in [3.05, 3.63) is 35.6 Å². The maximum Gasteiger partial charge on any atom is 0.254 e. The number of thioether (sulfide) groups is 1. The van der Waals surface area contributed by atoms with Gasteiger partial charge in [-0.1, -0.05) is 18.0 Å². The SMILES string of the molecule is O=C(NCc1nc(C2CC2)no1)c1cccnc1SC1CCCC1. The van der Waals surface area contributed by atoms with E-state index in [-0.39, 0.29) is 12.5 Å². The van der Waals surface area contributed by atoms with Crippen LogP contribution in [-0.2, 0) is 6.54 Å². The first-order chi connectivity index (χ1) is 11.8. The van der Waals surface area contributed by atoms with Crippen LogP contribution in [0.1, 0.15) is 66.5 Å². The first-order valence-electron chi connectivity index (χ1n) is 8.52. The Balaban J connectivity index is 1.39. The molecule has 6 nitrogen and oxygen atoms in total. The van der Waals surface area contributed by atoms with Gasteiger partial charge in [-0.15, -0.1) is 11.8 Å². The monoisotopic (exact) mass is 344 g/mol. The molecule has 0 unspecified atom stereocenters. The molecule has 0 aliphatic heterocycles. The highest BCUT2D eigenvalue weighted by molar-refractivity contribution is 7.99. The molecule has 2 aromatic rings. The van der Waals surface area contributed by atoms with Crippen LogP contribution in [0.15, 0.2) is 27.9 Å². The van der Waals surface area contributed by atoms with Crippen molar-refractivity contribution in [2.75, 3.05) is 0 Å². The predicted octanol–water partition coefficient (Wildman–Crippen LogP) is 3.31. The number of nitrogens with one attached hydrogen (secondary N) is 1. The van der Waals surface area contributed by atoms with Gasteiger partial charge in [0.05, 0.1) is 12.1 Å². The van der Waals surface area contributed by atoms with Crippen LogP contribution >= 0.6 is 11.8 Å². The fraction of sp³-hybridized carbons (Fsp3) is 0.529. The lowest BCUT2D eigenvalue weighted by molar-refractivity contribution is 0.0942. The molecule has 4 rings (SSSR count). The summed E-state index contributed by atoms with van der Waals surface area (Å²) in [4.78, 5) is 21.2. The van der Waals surface area contributed by atoms with Gasteiger partial charge < -0.3 is 9.84 Å². The van der Waals surface area contributed by atoms with Gasteiger partial charge in [0.1, 0.15) is 5.03 Å². The minimum Gasteiger partial charge on any atom is -0.343 e. The van der Waals surface area contributed by atoms with E-state index in [1.807, 2.05) is 6.07 Å². The zero-order chi connectivity index (χ0) is 16.4. The van der Waals surface area contributed by atoms with Crippen molar-refractivity contribution in [1.29, 1.82) is 0 Å². The van der Waals surface area contributed by atoms with Crippen LogP contribution in [0.4, 0.5) is 0 Å². The molecule has 1 N–H and O–H groups in total. The number of hydrogen-bond acceptors (Lipinski definition) is 6. The molecule has 2 aliphatic carbocycles. The van der Waals surface area contributed by atoms with Crippen molar-refractivity contribution in [2.24, 2.45) is 0 Å². The minimum atomic E-state index is -0.144. The Hall–Kier alpha value is -1.89. The second-order valence-corrected chi connectivity index (χ2v) is 7.67. The van der Waals surface area contributed by atoms with Crippen LogP contribution in [0.2, 0.25) is 0 Å². The van der Waals surface area contributed by atoms with E-state index >= 15 is 0 Å². The molecule has 0 atom stereocenters. The fourth-order valence-electron chi connectivity index (χ4n) is 2.92. The van der Waals surface area contributed by atoms with Gasteiger partial charge >= 0.3 is 0 Å². The summed E-state index contributed by atoms with van der Waals surface area (Å²) in [5.41, 5.74) is 0.622. The minimum absolute atomic E-state index is 0.144. The van der Waals surface area contributed by atoms with Crippen LogP contribution in [-0.4, -0.2) is 26.3 Å². The summed E-state index contributed by atoms with van der Waals surface area (Å²) in [6.45, 7) is 0.251. The first-order valence-corrected chi connectivity index (χ1v) is 9.40. The summed E-state index contributed by atoms with van der Waals surface area (Å²) in [6.07, 6.45) is 8.95. The van der Waals surface area contributed by atoms with E-state index in [0.29, 0.717) is 22.6 Å². The van der Waals surface area contributed by atoms with Gasteiger partial charge in [-0.25, -0.2) is 4.98 Å². The normalized spacial score (nSPS) is 18.0. The molecule has 24 heavy (non-hydrogen) atoms. The standard InChI is InChI=1S/C17H20N4O2S/c22-16(19-10-14-20-15(21-23-14)11-7-8-11)13-6-3-9-18-17(13)24-12-4-1-2-5-12/h3,6,9,11-12H,1-2,4-5,7-8,10H2,(H,19,22). The Morgan fingerprint density at radius 2 is 2.12 bits per heavy atom. The molecule has 0 aromatic carbocycles. The third-order valence-electron chi connectivity index (χ3n) is 4.42. The second kappa shape index (κ2) is 6.93. The van der Waals surface area contributed by atoms with Gasteiger partial charge in [-0.05, 0) is 37.8 Å². The van der Waals surface area contributed by atoms with E-state index in [1.54, 1.807) is 24.0 Å². The van der Waals surface area contributed by atoms with Gasteiger partial charge in [-0.2, -0.15) is 4.98 Å². The molecular formula is C17H20N4O2S. The maximum atomic E-state index is 12.5. The highest BCUT2D eigenvalue weighted by atomic mass is 32.2. The van der Waals surface area contributed by atoms with E-state index in [1.165, 1.54) is 25.7 Å². The lowest BCUT2D eigenvalue weighted by atomic mass is 10.2. The summed E-state index contributed by atoms with van der Waals surface area (Å²) in [5, 5.41) is 8.21. The zero-order valence-electron chi connectivity index (χ0n) is 13.4. The Morgan fingerprint density at radius 1 is 1.29 bits per heavy atom. The summed E-state index contributed by atoms with van der Waals surface area (Å²) in [5.74, 6) is 1.53. The summed E-state index contributed by atoms with van der Waals surface area (Å²) < 4.78 is 5.19. The number of rotatable bonds is 6. The molecule has 2 aliphatic rings. The van der Waals surface area contributed by atoms with E-state index in [4.69, 9.17) is 4.52 Å². The molecular weight excluding hydrogens is 324 g/mol. The lowest BCUT2D eigenvalue weighted by Crippen LogP contribution is -2.24. The molecule has 126 valence electrons. The molecule has 7 heteroatoms. The molecule has 0 radical (unpaired) electrons. The summed E-state index contributed by atoms with van der Waals surface area (Å²) in [6, 6.07) is 3.62. The van der Waals surface area contributed by atoms with Crippen molar-refractivity contribution in [2.45, 2.75) is 61.3 Å². The quantitative estimate of drug-likeness (QED) is 0.866. The van der Waals surface area contributed by atoms with Crippen LogP contribution in [0.25, 0.3) is 0 Å². The van der Waals surface area contributed by atoms with Crippen LogP contribution in [0, 0.1) is 0 Å². The maximum absolute atomic E-state index is 12.5. The molecule has 0 saturated heterocycles. The number of nitrogens with zero attached hydrogens (tertiary/aromatic N) is 3. The Labute approximate surface area is 144 Å². The molecule has 2 fully saturated rings. The van der Waals surface area contributed by atoms with Crippen LogP contribution in [0.3, 0.4) is 0 Å². The van der Waals surface area contributed by atoms with Gasteiger partial charge in [0.2, 0.25) is 5.89 Å². The Bertz CT molecular complexity index is 723. The molecule has 0 bridgehead atoms. The molecule has 0 spiro atoms. The van der Waals surface area contributed by atoms with E-state index < -0.39 is 0 Å². The smallest absolute Gasteiger partial charge is 0.254 e. The van der Waals surface area contributed by atoms with Gasteiger partial charge in [0, 0.05) is 17.4 Å². The Kier molecular flexibility index (Phi) is 4.51. The average molecular weight is 344 g/mol. The van der Waals surface area contributed by atoms with E-state index in [0.717, 1.165) is 23.7 Å². The van der Waals surface area contributed by atoms with E-state index in [2.05, 4.69) is 20.4 Å². The van der Waals surface area contributed by atoms with Crippen LogP contribution in [0.5, 0.6) is 0 Å². The number of aromatic nitrogens is 3. The molecule has 2 saturated carbocycles. The van der Waals surface area contributed by atoms with Gasteiger partial charge in [-0.3, -0.25) is 4.79 Å². The van der Waals surface area contributed by atoms with Crippen molar-refractivity contribution in [1.82, 2.24) is 20.4 Å². The van der Waals surface area contributed by atoms with E-state index in [9.17, 15) is 4.79 Å². The molecule has 2 heterocycles. The number of pyridine rings is 1. The third kappa shape index (κ3) is 3.61. The van der Waals surface area contributed by atoms with Crippen molar-refractivity contribution in [3.63, 3.8) is 0 Å². The Morgan fingerprint density at radius 3 is 2.92 bits per heavy atom. The molecule has 2 aromatic heterocycles. The fourth-order valence-corrected chi connectivity index (χ4v) is 4.21. The topological polar surface area (TPSA) is 80.9 Å². The highest BCUT2D eigenvalue weighted by Gasteiger charge is 2.28. The number of carbonyl (C=O) groups is 1. The first kappa shape index (κ1) is 15.6. The number of hydrogen-bond donors (Lipinski definition) is 1. The number of amides is 1. The lowest BCUT2D eigenvalue weighted by Gasteiger charge is -2.11. The van der Waals surface area contributed by atoms with Crippen LogP contribution < -0.4 is 5.32 Å². The zero-order valence-corrected chi connectivity index (χ0v) is 14.2. The van der Waals surface area contributed by atoms with Gasteiger partial charge in [0.15, 0.2) is 5.82 Å². The second-order valence-electron chi connectivity index (χ2n) is 6.38. The average Bonchev–Trinajstić information content (AvgIpc) is 3.12. The summed E-state index contributed by atoms with van der Waals surface area (Å²) >= 11 is 1.72. The highest BCUT2D eigenvalue weighted by Crippen LogP contribution is 2.38. The van der Waals surface area contributed by atoms with Gasteiger partial charge in [0.25, 0.3) is 5.91 Å². The summed E-state index contributed by atoms with van der Waals surface area (Å²) in [7, 11) is 0. The predicted molar refractivity (Wildman–Crippen MR) is 89.8 cm³/mol. The van der Waals surface area contributed by atoms with Crippen molar-refractivity contribution in [3.8, 4) is 0 Å². The molecule has 1 amide bonds. The van der Waals surface area contributed by atoms with Crippen molar-refractivity contribution >= 4 is 17.7 Å². The largest absolute Gasteiger partial charge is 0.343 e. The third-order valence-corrected chi connectivity index (χ3v) is 5.78. The van der Waals surface area contributed by atoms with Crippen molar-refractivity contribution < 1.29 is 9.32 Å². The number of carbonyl (C=O) groups excluding carboxylic acids is 1.